The van der Waals surface area contributed by atoms with Crippen LogP contribution in [0.1, 0.15) is 12.5 Å². The largest absolute Gasteiger partial charge is 0.326 e. The number of rotatable bonds is 4. The zero-order valence-corrected chi connectivity index (χ0v) is 13.4. The molecule has 0 saturated carbocycles. The standard InChI is InChI=1S/C16H14BrFN2O2/c1-10(21)19-13-5-2-11(3-6-13)8-16(22)20-15-7-4-12(17)9-14(15)18/h2-7,9H,8H2,1H3,(H,19,21)(H,20,22). The monoisotopic (exact) mass is 364 g/mol. The summed E-state index contributed by atoms with van der Waals surface area (Å²) in [7, 11) is 0. The number of hydrogen-bond acceptors (Lipinski definition) is 2. The molecule has 0 fully saturated rings. The van der Waals surface area contributed by atoms with Gasteiger partial charge in [-0.3, -0.25) is 9.59 Å². The van der Waals surface area contributed by atoms with Crippen molar-refractivity contribution in [3.63, 3.8) is 0 Å². The Hall–Kier alpha value is -2.21. The first kappa shape index (κ1) is 16.2. The Morgan fingerprint density at radius 3 is 2.36 bits per heavy atom. The lowest BCUT2D eigenvalue weighted by atomic mass is 10.1. The number of carbonyl (C=O) groups is 2. The summed E-state index contributed by atoms with van der Waals surface area (Å²) >= 11 is 3.16. The Kier molecular flexibility index (Phi) is 5.27. The Balaban J connectivity index is 1.98. The highest BCUT2D eigenvalue weighted by atomic mass is 79.9. The van der Waals surface area contributed by atoms with Crippen LogP contribution in [0.3, 0.4) is 0 Å². The van der Waals surface area contributed by atoms with Crippen LogP contribution in [0.15, 0.2) is 46.9 Å². The van der Waals surface area contributed by atoms with Crippen molar-refractivity contribution in [3.05, 3.63) is 58.3 Å². The molecule has 0 radical (unpaired) electrons. The molecule has 0 spiro atoms. The van der Waals surface area contributed by atoms with Gasteiger partial charge in [0.25, 0.3) is 0 Å². The fourth-order valence-corrected chi connectivity index (χ4v) is 2.21. The van der Waals surface area contributed by atoms with Gasteiger partial charge < -0.3 is 10.6 Å². The molecule has 2 aromatic rings. The summed E-state index contributed by atoms with van der Waals surface area (Å²) in [6, 6.07) is 11.3. The van der Waals surface area contributed by atoms with Gasteiger partial charge in [0.1, 0.15) is 5.82 Å². The molecule has 0 aliphatic carbocycles. The van der Waals surface area contributed by atoms with E-state index in [1.165, 1.54) is 19.1 Å². The number of anilines is 2. The van der Waals surface area contributed by atoms with E-state index >= 15 is 0 Å². The van der Waals surface area contributed by atoms with E-state index < -0.39 is 5.82 Å². The second-order valence-electron chi connectivity index (χ2n) is 4.73. The predicted octanol–water partition coefficient (Wildman–Crippen LogP) is 3.73. The number of amides is 2. The Morgan fingerprint density at radius 2 is 1.77 bits per heavy atom. The van der Waals surface area contributed by atoms with Crippen molar-refractivity contribution in [2.24, 2.45) is 0 Å². The lowest BCUT2D eigenvalue weighted by Gasteiger charge is -2.08. The summed E-state index contributed by atoms with van der Waals surface area (Å²) < 4.78 is 14.2. The number of carbonyl (C=O) groups excluding carboxylic acids is 2. The Labute approximate surface area is 135 Å². The SMILES string of the molecule is CC(=O)Nc1ccc(CC(=O)Nc2ccc(Br)cc2F)cc1. The minimum absolute atomic E-state index is 0.121. The molecule has 114 valence electrons. The van der Waals surface area contributed by atoms with Gasteiger partial charge in [-0.15, -0.1) is 0 Å². The number of hydrogen-bond donors (Lipinski definition) is 2. The third kappa shape index (κ3) is 4.66. The second kappa shape index (κ2) is 7.17. The molecule has 0 aliphatic rings. The maximum Gasteiger partial charge on any atom is 0.228 e. The normalized spacial score (nSPS) is 10.1. The van der Waals surface area contributed by atoms with E-state index in [1.54, 1.807) is 30.3 Å². The van der Waals surface area contributed by atoms with Gasteiger partial charge in [-0.1, -0.05) is 28.1 Å². The molecule has 2 N–H and O–H groups in total. The highest BCUT2D eigenvalue weighted by Gasteiger charge is 2.08. The molecule has 2 aromatic carbocycles. The summed E-state index contributed by atoms with van der Waals surface area (Å²) in [5.74, 6) is -0.964. The van der Waals surface area contributed by atoms with Crippen LogP contribution in [0, 0.1) is 5.82 Å². The lowest BCUT2D eigenvalue weighted by molar-refractivity contribution is -0.116. The van der Waals surface area contributed by atoms with Crippen molar-refractivity contribution >= 4 is 39.1 Å². The fourth-order valence-electron chi connectivity index (χ4n) is 1.88. The maximum atomic E-state index is 13.6. The minimum atomic E-state index is -0.497. The highest BCUT2D eigenvalue weighted by molar-refractivity contribution is 9.10. The van der Waals surface area contributed by atoms with E-state index in [-0.39, 0.29) is 23.9 Å². The van der Waals surface area contributed by atoms with Gasteiger partial charge in [-0.25, -0.2) is 4.39 Å². The molecule has 0 atom stereocenters. The van der Waals surface area contributed by atoms with Gasteiger partial charge in [0, 0.05) is 17.1 Å². The Bertz CT molecular complexity index is 702. The zero-order chi connectivity index (χ0) is 16.1. The molecule has 22 heavy (non-hydrogen) atoms. The van der Waals surface area contributed by atoms with Crippen LogP contribution >= 0.6 is 15.9 Å². The number of benzene rings is 2. The van der Waals surface area contributed by atoms with Crippen LogP contribution < -0.4 is 10.6 Å². The van der Waals surface area contributed by atoms with Crippen LogP contribution in [0.25, 0.3) is 0 Å². The van der Waals surface area contributed by atoms with Gasteiger partial charge in [-0.2, -0.15) is 0 Å². The maximum absolute atomic E-state index is 13.6. The van der Waals surface area contributed by atoms with E-state index in [0.29, 0.717) is 10.2 Å². The summed E-state index contributed by atoms with van der Waals surface area (Å²) in [5, 5.41) is 5.17. The van der Waals surface area contributed by atoms with Gasteiger partial charge in [-0.05, 0) is 35.9 Å². The van der Waals surface area contributed by atoms with E-state index in [0.717, 1.165) is 5.56 Å². The first-order valence-corrected chi connectivity index (χ1v) is 7.35. The molecule has 0 saturated heterocycles. The van der Waals surface area contributed by atoms with E-state index in [4.69, 9.17) is 0 Å². The van der Waals surface area contributed by atoms with Crippen molar-refractivity contribution in [1.29, 1.82) is 0 Å². The first-order valence-electron chi connectivity index (χ1n) is 6.55. The molecule has 0 unspecified atom stereocenters. The van der Waals surface area contributed by atoms with Crippen LogP contribution in [0.5, 0.6) is 0 Å². The van der Waals surface area contributed by atoms with Crippen LogP contribution in [-0.2, 0) is 16.0 Å². The molecule has 0 bridgehead atoms. The van der Waals surface area contributed by atoms with Crippen molar-refractivity contribution in [2.75, 3.05) is 10.6 Å². The van der Waals surface area contributed by atoms with Crippen LogP contribution in [0.4, 0.5) is 15.8 Å². The first-order chi connectivity index (χ1) is 10.4. The van der Waals surface area contributed by atoms with Crippen molar-refractivity contribution in [1.82, 2.24) is 0 Å². The molecule has 2 amide bonds. The molecule has 0 heterocycles. The van der Waals surface area contributed by atoms with Gasteiger partial charge in [0.15, 0.2) is 0 Å². The van der Waals surface area contributed by atoms with Gasteiger partial charge in [0.05, 0.1) is 12.1 Å². The average molecular weight is 365 g/mol. The molecule has 2 rings (SSSR count). The molecular weight excluding hydrogens is 351 g/mol. The summed E-state index contributed by atoms with van der Waals surface area (Å²) in [5.41, 5.74) is 1.57. The Morgan fingerprint density at radius 1 is 1.09 bits per heavy atom. The van der Waals surface area contributed by atoms with Crippen LogP contribution in [0.2, 0.25) is 0 Å². The highest BCUT2D eigenvalue weighted by Crippen LogP contribution is 2.19. The summed E-state index contributed by atoms with van der Waals surface area (Å²) in [6.07, 6.45) is 0.121. The summed E-state index contributed by atoms with van der Waals surface area (Å²) in [4.78, 5) is 22.8. The minimum Gasteiger partial charge on any atom is -0.326 e. The quantitative estimate of drug-likeness (QED) is 0.868. The molecule has 4 nitrogen and oxygen atoms in total. The van der Waals surface area contributed by atoms with E-state index in [9.17, 15) is 14.0 Å². The van der Waals surface area contributed by atoms with E-state index in [2.05, 4.69) is 26.6 Å². The topological polar surface area (TPSA) is 58.2 Å². The number of halogens is 2. The molecule has 6 heteroatoms. The third-order valence-corrected chi connectivity index (χ3v) is 3.34. The molecular formula is C16H14BrFN2O2. The zero-order valence-electron chi connectivity index (χ0n) is 11.8. The van der Waals surface area contributed by atoms with Crippen molar-refractivity contribution in [3.8, 4) is 0 Å². The van der Waals surface area contributed by atoms with Gasteiger partial charge in [0.2, 0.25) is 11.8 Å². The van der Waals surface area contributed by atoms with Crippen molar-refractivity contribution < 1.29 is 14.0 Å². The van der Waals surface area contributed by atoms with Gasteiger partial charge >= 0.3 is 0 Å². The van der Waals surface area contributed by atoms with Crippen molar-refractivity contribution in [2.45, 2.75) is 13.3 Å². The lowest BCUT2D eigenvalue weighted by Crippen LogP contribution is -2.15. The predicted molar refractivity (Wildman–Crippen MR) is 87.2 cm³/mol. The summed E-state index contributed by atoms with van der Waals surface area (Å²) in [6.45, 7) is 1.42. The second-order valence-corrected chi connectivity index (χ2v) is 5.64. The van der Waals surface area contributed by atoms with E-state index in [1.807, 2.05) is 0 Å². The smallest absolute Gasteiger partial charge is 0.228 e. The fraction of sp³-hybridized carbons (Fsp3) is 0.125. The third-order valence-electron chi connectivity index (χ3n) is 2.84. The van der Waals surface area contributed by atoms with Crippen LogP contribution in [-0.4, -0.2) is 11.8 Å². The molecule has 0 aromatic heterocycles. The molecule has 0 aliphatic heterocycles. The number of nitrogens with one attached hydrogen (secondary N) is 2. The average Bonchev–Trinajstić information content (AvgIpc) is 2.43.